The molecule has 1 aliphatic rings. The lowest BCUT2D eigenvalue weighted by Crippen LogP contribution is -2.20. The number of fused-ring (bicyclic) bond motifs is 2. The number of hydrogen-bond donors (Lipinski definition) is 1. The van der Waals surface area contributed by atoms with Gasteiger partial charge >= 0.3 is 0 Å². The third kappa shape index (κ3) is 2.81. The van der Waals surface area contributed by atoms with Crippen molar-refractivity contribution in [1.82, 2.24) is 14.8 Å². The fraction of sp³-hybridized carbons (Fsp3) is 0.227. The first-order chi connectivity index (χ1) is 13.6. The van der Waals surface area contributed by atoms with Gasteiger partial charge < -0.3 is 0 Å². The number of aryl methyl sites for hydroxylation is 1. The topological polar surface area (TPSA) is 63.0 Å². The molecule has 0 amide bonds. The number of nitrogens with zero attached hydrogens (tertiary/aromatic N) is 3. The van der Waals surface area contributed by atoms with Crippen molar-refractivity contribution in [3.8, 4) is 5.13 Å². The number of aliphatic imine (C=N–C) groups is 1. The van der Waals surface area contributed by atoms with Gasteiger partial charge in [0.25, 0.3) is 5.56 Å². The largest absolute Gasteiger partial charge is 0.293 e. The summed E-state index contributed by atoms with van der Waals surface area (Å²) in [7, 11) is 0. The van der Waals surface area contributed by atoms with Crippen LogP contribution in [0.5, 0.6) is 0 Å². The van der Waals surface area contributed by atoms with Crippen LogP contribution in [0.3, 0.4) is 0 Å². The van der Waals surface area contributed by atoms with E-state index in [0.29, 0.717) is 10.7 Å². The summed E-state index contributed by atoms with van der Waals surface area (Å²) >= 11 is 1.50. The van der Waals surface area contributed by atoms with E-state index in [1.54, 1.807) is 0 Å². The third-order valence-electron chi connectivity index (χ3n) is 5.31. The molecule has 6 heteroatoms. The van der Waals surface area contributed by atoms with Crippen LogP contribution in [0.25, 0.3) is 15.3 Å². The van der Waals surface area contributed by atoms with Crippen molar-refractivity contribution < 1.29 is 0 Å². The lowest BCUT2D eigenvalue weighted by molar-refractivity contribution is 0.723. The van der Waals surface area contributed by atoms with E-state index in [1.807, 2.05) is 38.1 Å². The van der Waals surface area contributed by atoms with Crippen LogP contribution in [0.1, 0.15) is 29.3 Å². The molecular formula is C22H20N4OS. The summed E-state index contributed by atoms with van der Waals surface area (Å²) in [5.41, 5.74) is 5.79. The van der Waals surface area contributed by atoms with E-state index >= 15 is 0 Å². The van der Waals surface area contributed by atoms with E-state index in [1.165, 1.54) is 27.1 Å². The van der Waals surface area contributed by atoms with Crippen molar-refractivity contribution in [3.63, 3.8) is 0 Å². The molecule has 0 unspecified atom stereocenters. The number of aromatic nitrogens is 3. The zero-order valence-electron chi connectivity index (χ0n) is 15.8. The van der Waals surface area contributed by atoms with Gasteiger partial charge in [0.2, 0.25) is 5.13 Å². The molecule has 0 fully saturated rings. The molecule has 0 radical (unpaired) electrons. The maximum Gasteiger partial charge on any atom is 0.282 e. The number of aromatic amines is 1. The Morgan fingerprint density at radius 2 is 1.82 bits per heavy atom. The SMILES string of the molecule is CC(=NC1Cc2ccccc2C1)c1c(C)[nH]n(-c2nc3ccccc3s2)c1=O. The summed E-state index contributed by atoms with van der Waals surface area (Å²) in [5, 5.41) is 3.84. The molecule has 0 atom stereocenters. The van der Waals surface area contributed by atoms with Crippen molar-refractivity contribution in [2.24, 2.45) is 4.99 Å². The summed E-state index contributed by atoms with van der Waals surface area (Å²) in [4.78, 5) is 22.6. The highest BCUT2D eigenvalue weighted by Gasteiger charge is 2.22. The second-order valence-electron chi connectivity index (χ2n) is 7.26. The first-order valence-corrected chi connectivity index (χ1v) is 10.2. The second kappa shape index (κ2) is 6.56. The Kier molecular flexibility index (Phi) is 4.02. The lowest BCUT2D eigenvalue weighted by Gasteiger charge is -2.05. The molecule has 2 aromatic heterocycles. The molecule has 0 spiro atoms. The van der Waals surface area contributed by atoms with Crippen LogP contribution in [0.15, 0.2) is 58.3 Å². The number of para-hydroxylation sites is 1. The Labute approximate surface area is 166 Å². The average molecular weight is 388 g/mol. The molecule has 5 nitrogen and oxygen atoms in total. The van der Waals surface area contributed by atoms with Crippen LogP contribution in [0.2, 0.25) is 0 Å². The van der Waals surface area contributed by atoms with Gasteiger partial charge in [0.1, 0.15) is 0 Å². The number of H-pyrrole nitrogens is 1. The standard InChI is InChI=1S/C22H20N4OS/c1-13(23-17-11-15-7-3-4-8-16(15)12-17)20-14(2)25-26(21(20)27)22-24-18-9-5-6-10-19(18)28-22/h3-10,17,25H,11-12H2,1-2H3. The Morgan fingerprint density at radius 1 is 1.14 bits per heavy atom. The highest BCUT2D eigenvalue weighted by atomic mass is 32.1. The van der Waals surface area contributed by atoms with E-state index in [4.69, 9.17) is 4.99 Å². The number of thiazole rings is 1. The fourth-order valence-corrected chi connectivity index (χ4v) is 4.95. The van der Waals surface area contributed by atoms with Crippen molar-refractivity contribution >= 4 is 27.3 Å². The zero-order chi connectivity index (χ0) is 19.3. The summed E-state index contributed by atoms with van der Waals surface area (Å²) < 4.78 is 2.60. The Hall–Kier alpha value is -2.99. The van der Waals surface area contributed by atoms with Crippen LogP contribution < -0.4 is 5.56 Å². The minimum absolute atomic E-state index is 0.0895. The van der Waals surface area contributed by atoms with Gasteiger partial charge in [-0.1, -0.05) is 47.7 Å². The number of hydrogen-bond acceptors (Lipinski definition) is 4. The predicted octanol–water partition coefficient (Wildman–Crippen LogP) is 4.06. The van der Waals surface area contributed by atoms with Crippen molar-refractivity contribution in [2.45, 2.75) is 32.7 Å². The molecule has 4 aromatic rings. The molecule has 5 rings (SSSR count). The van der Waals surface area contributed by atoms with Gasteiger partial charge in [-0.2, -0.15) is 4.68 Å². The third-order valence-corrected chi connectivity index (χ3v) is 6.33. The van der Waals surface area contributed by atoms with Gasteiger partial charge in [-0.25, -0.2) is 4.98 Å². The molecule has 0 saturated heterocycles. The Balaban J connectivity index is 1.50. The van der Waals surface area contributed by atoms with Crippen LogP contribution in [-0.2, 0) is 12.8 Å². The van der Waals surface area contributed by atoms with Gasteiger partial charge in [0, 0.05) is 11.4 Å². The highest BCUT2D eigenvalue weighted by Crippen LogP contribution is 2.25. The van der Waals surface area contributed by atoms with Crippen LogP contribution in [-0.4, -0.2) is 26.5 Å². The van der Waals surface area contributed by atoms with Gasteiger partial charge in [-0.15, -0.1) is 0 Å². The maximum atomic E-state index is 13.1. The molecule has 28 heavy (non-hydrogen) atoms. The summed E-state index contributed by atoms with van der Waals surface area (Å²) in [5.74, 6) is 0. The summed E-state index contributed by atoms with van der Waals surface area (Å²) in [6.07, 6.45) is 1.87. The number of benzene rings is 2. The van der Waals surface area contributed by atoms with Gasteiger partial charge in [-0.05, 0) is 49.9 Å². The first-order valence-electron chi connectivity index (χ1n) is 9.39. The minimum Gasteiger partial charge on any atom is -0.293 e. The molecule has 1 aliphatic carbocycles. The second-order valence-corrected chi connectivity index (χ2v) is 8.27. The van der Waals surface area contributed by atoms with E-state index in [2.05, 4.69) is 34.3 Å². The first kappa shape index (κ1) is 17.1. The summed E-state index contributed by atoms with van der Waals surface area (Å²) in [6, 6.07) is 16.6. The number of rotatable bonds is 3. The van der Waals surface area contributed by atoms with Crippen molar-refractivity contribution in [2.75, 3.05) is 0 Å². The highest BCUT2D eigenvalue weighted by molar-refractivity contribution is 7.20. The van der Waals surface area contributed by atoms with E-state index in [-0.39, 0.29) is 11.6 Å². The molecule has 0 saturated carbocycles. The van der Waals surface area contributed by atoms with Crippen molar-refractivity contribution in [3.05, 3.63) is 81.3 Å². The smallest absolute Gasteiger partial charge is 0.282 e. The zero-order valence-corrected chi connectivity index (χ0v) is 16.6. The maximum absolute atomic E-state index is 13.1. The van der Waals surface area contributed by atoms with E-state index < -0.39 is 0 Å². The Morgan fingerprint density at radius 3 is 2.54 bits per heavy atom. The van der Waals surface area contributed by atoms with Crippen LogP contribution in [0.4, 0.5) is 0 Å². The molecular weight excluding hydrogens is 368 g/mol. The quantitative estimate of drug-likeness (QED) is 0.538. The number of nitrogens with one attached hydrogen (secondary N) is 1. The monoisotopic (exact) mass is 388 g/mol. The molecule has 2 heterocycles. The molecule has 140 valence electrons. The molecule has 2 aromatic carbocycles. The van der Waals surface area contributed by atoms with Gasteiger partial charge in [0.05, 0.1) is 21.8 Å². The van der Waals surface area contributed by atoms with Crippen LogP contribution in [0, 0.1) is 6.92 Å². The van der Waals surface area contributed by atoms with E-state index in [9.17, 15) is 4.79 Å². The fourth-order valence-electron chi connectivity index (χ4n) is 4.03. The average Bonchev–Trinajstić information content (AvgIpc) is 3.35. The minimum atomic E-state index is -0.0895. The van der Waals surface area contributed by atoms with Gasteiger partial charge in [0.15, 0.2) is 0 Å². The van der Waals surface area contributed by atoms with Gasteiger partial charge in [-0.3, -0.25) is 14.9 Å². The van der Waals surface area contributed by atoms with Crippen molar-refractivity contribution in [1.29, 1.82) is 0 Å². The Bertz CT molecular complexity index is 1220. The lowest BCUT2D eigenvalue weighted by atomic mass is 10.1. The normalized spacial score (nSPS) is 14.7. The summed E-state index contributed by atoms with van der Waals surface area (Å²) in [6.45, 7) is 3.85. The molecule has 1 N–H and O–H groups in total. The predicted molar refractivity (Wildman–Crippen MR) is 114 cm³/mol. The molecule has 0 bridgehead atoms. The van der Waals surface area contributed by atoms with E-state index in [0.717, 1.165) is 34.5 Å². The van der Waals surface area contributed by atoms with Crippen LogP contribution >= 0.6 is 11.3 Å². The molecule has 0 aliphatic heterocycles.